The average molecular weight is 1000 g/mol. The number of rotatable bonds is 8. The summed E-state index contributed by atoms with van der Waals surface area (Å²) >= 11 is 4.30. The van der Waals surface area contributed by atoms with Crippen molar-refractivity contribution >= 4 is 104 Å². The van der Waals surface area contributed by atoms with Gasteiger partial charge < -0.3 is 8.83 Å². The number of halogens is 2. The van der Waals surface area contributed by atoms with Crippen LogP contribution in [-0.4, -0.2) is 33.5 Å². The first kappa shape index (κ1) is 39.3. The van der Waals surface area contributed by atoms with E-state index in [1.807, 2.05) is 24.3 Å². The van der Waals surface area contributed by atoms with Gasteiger partial charge in [-0.2, -0.15) is 0 Å². The van der Waals surface area contributed by atoms with E-state index in [0.717, 1.165) is 12.1 Å². The van der Waals surface area contributed by atoms with E-state index in [9.17, 15) is 39.4 Å². The van der Waals surface area contributed by atoms with Gasteiger partial charge in [-0.25, -0.2) is 10.0 Å². The Labute approximate surface area is 354 Å². The van der Waals surface area contributed by atoms with Crippen LogP contribution in [0, 0.1) is 27.4 Å². The maximum Gasteiger partial charge on any atom is 0.282 e. The van der Waals surface area contributed by atoms with Gasteiger partial charge in [0.15, 0.2) is 0 Å². The third-order valence-electron chi connectivity index (χ3n) is 8.51. The quantitative estimate of drug-likeness (QED) is 0.0496. The summed E-state index contributed by atoms with van der Waals surface area (Å²) in [5, 5.41) is 24.3. The van der Waals surface area contributed by atoms with E-state index in [-0.39, 0.29) is 34.0 Å². The van der Waals surface area contributed by atoms with E-state index < -0.39 is 33.5 Å². The Morgan fingerprint density at radius 3 is 1.50 bits per heavy atom. The van der Waals surface area contributed by atoms with Crippen LogP contribution in [0.2, 0.25) is 0 Å². The second-order valence-corrected chi connectivity index (χ2v) is 14.7. The number of hydrogen-bond donors (Lipinski definition) is 2. The van der Waals surface area contributed by atoms with Crippen molar-refractivity contribution < 1.29 is 37.9 Å². The number of carbonyl (C=O) groups excluding carboxylic acids is 4. The van der Waals surface area contributed by atoms with Crippen LogP contribution in [0.3, 0.4) is 0 Å². The molecule has 0 unspecified atom stereocenters. The number of amides is 4. The highest BCUT2D eigenvalue weighted by atomic mass is 127. The number of nitro benzene ring substituents is 2. The minimum atomic E-state index is -0.558. The van der Waals surface area contributed by atoms with Crippen molar-refractivity contribution in [2.45, 2.75) is 0 Å². The highest BCUT2D eigenvalue weighted by molar-refractivity contribution is 14.1. The zero-order valence-electron chi connectivity index (χ0n) is 29.3. The molecule has 0 radical (unpaired) electrons. The summed E-state index contributed by atoms with van der Waals surface area (Å²) in [5.74, 6) is -0.789. The van der Waals surface area contributed by atoms with E-state index in [1.54, 1.807) is 78.9 Å². The maximum absolute atomic E-state index is 12.7. The second-order valence-electron chi connectivity index (χ2n) is 12.2. The Morgan fingerprint density at radius 1 is 0.552 bits per heavy atom. The van der Waals surface area contributed by atoms with Crippen LogP contribution < -0.4 is 20.9 Å². The topological polar surface area (TPSA) is 211 Å². The summed E-state index contributed by atoms with van der Waals surface area (Å²) in [7, 11) is 0. The molecule has 0 saturated carbocycles. The number of furan rings is 2. The smallest absolute Gasteiger partial charge is 0.282 e. The van der Waals surface area contributed by atoms with Crippen molar-refractivity contribution in [3.8, 4) is 22.6 Å². The summed E-state index contributed by atoms with van der Waals surface area (Å²) in [5.41, 5.74) is 6.83. The van der Waals surface area contributed by atoms with Crippen LogP contribution in [0.1, 0.15) is 11.5 Å². The van der Waals surface area contributed by atoms with E-state index >= 15 is 0 Å². The highest BCUT2D eigenvalue weighted by Gasteiger charge is 2.36. The number of nitrogens with one attached hydrogen (secondary N) is 2. The van der Waals surface area contributed by atoms with Gasteiger partial charge >= 0.3 is 0 Å². The van der Waals surface area contributed by atoms with Gasteiger partial charge in [-0.05, 0) is 148 Å². The predicted molar refractivity (Wildman–Crippen MR) is 227 cm³/mol. The van der Waals surface area contributed by atoms with E-state index in [4.69, 9.17) is 8.83 Å². The van der Waals surface area contributed by atoms with Gasteiger partial charge in [0.05, 0.1) is 26.8 Å². The number of para-hydroxylation sites is 1. The lowest BCUT2D eigenvalue weighted by molar-refractivity contribution is -0.384. The molecule has 58 heavy (non-hydrogen) atoms. The Hall–Kier alpha value is -6.94. The van der Waals surface area contributed by atoms with Crippen LogP contribution in [0.4, 0.5) is 22.7 Å². The molecule has 16 nitrogen and oxygen atoms in total. The molecule has 2 saturated heterocycles. The second kappa shape index (κ2) is 16.7. The molecular weight excluding hydrogens is 978 g/mol. The van der Waals surface area contributed by atoms with Crippen molar-refractivity contribution in [3.05, 3.63) is 171 Å². The molecule has 288 valence electrons. The van der Waals surface area contributed by atoms with Crippen LogP contribution in [0.15, 0.2) is 141 Å². The largest absolute Gasteiger partial charge is 0.457 e. The number of carbonyl (C=O) groups is 4. The number of nitro groups is 2. The number of hydrogen-bond acceptors (Lipinski definition) is 10. The lowest BCUT2D eigenvalue weighted by Crippen LogP contribution is -2.35. The van der Waals surface area contributed by atoms with E-state index in [2.05, 4.69) is 56.0 Å². The lowest BCUT2D eigenvalue weighted by atomic mass is 10.1. The first-order valence-electron chi connectivity index (χ1n) is 16.8. The molecule has 0 spiro atoms. The number of hydrazine groups is 2. The molecule has 2 N–H and O–H groups in total. The van der Waals surface area contributed by atoms with E-state index in [0.29, 0.717) is 34.0 Å². The van der Waals surface area contributed by atoms with Crippen molar-refractivity contribution in [3.63, 3.8) is 0 Å². The molecule has 2 aliphatic rings. The fourth-order valence-corrected chi connectivity index (χ4v) is 6.41. The van der Waals surface area contributed by atoms with Crippen LogP contribution in [-0.2, 0) is 19.2 Å². The molecule has 0 bridgehead atoms. The van der Waals surface area contributed by atoms with Crippen molar-refractivity contribution in [2.24, 2.45) is 0 Å². The summed E-state index contributed by atoms with van der Waals surface area (Å²) in [6.07, 6.45) is 2.70. The molecule has 18 heteroatoms. The van der Waals surface area contributed by atoms with Crippen LogP contribution in [0.25, 0.3) is 34.8 Å². The number of nitrogens with zero attached hydrogens (tertiary/aromatic N) is 4. The van der Waals surface area contributed by atoms with Gasteiger partial charge in [0.2, 0.25) is 0 Å². The van der Waals surface area contributed by atoms with Gasteiger partial charge in [0.1, 0.15) is 34.2 Å². The number of non-ortho nitro benzene ring substituents is 1. The van der Waals surface area contributed by atoms with Crippen molar-refractivity contribution in [2.75, 3.05) is 10.0 Å². The van der Waals surface area contributed by atoms with Gasteiger partial charge in [-0.15, -0.1) is 0 Å². The van der Waals surface area contributed by atoms with Gasteiger partial charge in [-0.1, -0.05) is 12.1 Å². The summed E-state index contributed by atoms with van der Waals surface area (Å²) in [6, 6.07) is 32.7. The first-order chi connectivity index (χ1) is 27.9. The fourth-order valence-electron chi connectivity index (χ4n) is 5.69. The summed E-state index contributed by atoms with van der Waals surface area (Å²) < 4.78 is 13.3. The SMILES string of the molecule is O=C1NN(c2ccc(I)cc2)C(=O)C1=Cc1ccc(-c2ccc([N+](=O)[O-])cc2)o1.O=C1NN(c2ccc(I)cc2)C(=O)C1=Cc1ccc(-c2ccccc2[N+](=O)[O-])o1. The minimum absolute atomic E-state index is 0.0217. The first-order valence-corrected chi connectivity index (χ1v) is 19.0. The molecule has 2 aromatic heterocycles. The molecule has 8 rings (SSSR count). The van der Waals surface area contributed by atoms with Crippen molar-refractivity contribution in [1.82, 2.24) is 10.9 Å². The van der Waals surface area contributed by atoms with Gasteiger partial charge in [-0.3, -0.25) is 50.3 Å². The fraction of sp³-hybridized carbons (Fsp3) is 0. The third-order valence-corrected chi connectivity index (χ3v) is 9.95. The molecule has 0 atom stereocenters. The highest BCUT2D eigenvalue weighted by Crippen LogP contribution is 2.32. The lowest BCUT2D eigenvalue weighted by Gasteiger charge is -2.14. The molecule has 2 aliphatic heterocycles. The third kappa shape index (κ3) is 8.41. The predicted octanol–water partition coefficient (Wildman–Crippen LogP) is 7.84. The van der Waals surface area contributed by atoms with E-state index in [1.165, 1.54) is 35.4 Å². The standard InChI is InChI=1S/2C20H12IN3O5/c21-13-3-7-14(8-4-13)23-20(26)17(19(25)22-23)11-16-9-10-18(29-16)12-1-5-15(6-2-12)24(27)28;21-12-5-7-13(8-6-12)23-20(26)16(19(25)22-23)11-14-9-10-18(29-14)15-3-1-2-4-17(15)24(27)28/h2*1-11H,(H,22,25). The van der Waals surface area contributed by atoms with Crippen LogP contribution >= 0.6 is 45.2 Å². The minimum Gasteiger partial charge on any atom is -0.457 e. The molecule has 4 amide bonds. The number of anilines is 2. The molecule has 4 aromatic carbocycles. The van der Waals surface area contributed by atoms with Crippen LogP contribution in [0.5, 0.6) is 0 Å². The molecule has 4 heterocycles. The molecule has 2 fully saturated rings. The average Bonchev–Trinajstić information content (AvgIpc) is 4.01. The molecule has 6 aromatic rings. The van der Waals surface area contributed by atoms with Gasteiger partial charge in [0.25, 0.3) is 35.0 Å². The zero-order chi connectivity index (χ0) is 41.1. The number of benzene rings is 4. The maximum atomic E-state index is 12.7. The molecular formula is C40H24I2N6O10. The Bertz CT molecular complexity index is 2690. The zero-order valence-corrected chi connectivity index (χ0v) is 33.6. The Balaban J connectivity index is 0.000000177. The monoisotopic (exact) mass is 1000 g/mol. The van der Waals surface area contributed by atoms with Crippen molar-refractivity contribution in [1.29, 1.82) is 0 Å². The normalized spacial score (nSPS) is 15.1. The Kier molecular flexibility index (Phi) is 11.3. The summed E-state index contributed by atoms with van der Waals surface area (Å²) in [4.78, 5) is 70.9. The summed E-state index contributed by atoms with van der Waals surface area (Å²) in [6.45, 7) is 0. The Morgan fingerprint density at radius 2 is 1.02 bits per heavy atom. The van der Waals surface area contributed by atoms with Gasteiger partial charge in [0, 0.05) is 30.9 Å². The molecule has 0 aliphatic carbocycles.